The molecule has 0 aliphatic carbocycles. The van der Waals surface area contributed by atoms with Gasteiger partial charge in [-0.1, -0.05) is 35.0 Å². The summed E-state index contributed by atoms with van der Waals surface area (Å²) in [5.74, 6) is -0.0677. The minimum absolute atomic E-state index is 0.199. The molecule has 106 valence electrons. The van der Waals surface area contributed by atoms with Gasteiger partial charge in [0, 0.05) is 24.1 Å². The lowest BCUT2D eigenvalue weighted by Crippen LogP contribution is -2.25. The van der Waals surface area contributed by atoms with E-state index >= 15 is 0 Å². The molecule has 6 heteroatoms. The van der Waals surface area contributed by atoms with E-state index in [0.717, 1.165) is 11.3 Å². The maximum atomic E-state index is 12.2. The summed E-state index contributed by atoms with van der Waals surface area (Å²) in [7, 11) is 1.67. The Balaban J connectivity index is 1.84. The Morgan fingerprint density at radius 3 is 2.67 bits per heavy atom. The van der Waals surface area contributed by atoms with E-state index in [1.165, 1.54) is 34.1 Å². The lowest BCUT2D eigenvalue weighted by molar-refractivity contribution is 0.0957. The molecule has 3 aromatic rings. The van der Waals surface area contributed by atoms with E-state index in [9.17, 15) is 4.79 Å². The van der Waals surface area contributed by atoms with Crippen LogP contribution in [0.25, 0.3) is 11.3 Å². The minimum atomic E-state index is -0.266. The number of thiazole rings is 1. The second kappa shape index (κ2) is 5.49. The number of carbonyl (C=O) groups excluding carboxylic acids is 1. The van der Waals surface area contributed by atoms with Gasteiger partial charge in [-0.25, -0.2) is 4.98 Å². The SMILES string of the molecule is Cc1ccc(-c2csc(N(C)C(=O)c3ccno3)n2)cc1. The third-order valence-corrected chi connectivity index (χ3v) is 4.00. The van der Waals surface area contributed by atoms with Crippen molar-refractivity contribution >= 4 is 22.4 Å². The quantitative estimate of drug-likeness (QED) is 0.744. The predicted octanol–water partition coefficient (Wildman–Crippen LogP) is 3.38. The highest BCUT2D eigenvalue weighted by Gasteiger charge is 2.19. The first-order valence-electron chi connectivity index (χ1n) is 6.36. The molecule has 0 atom stereocenters. The molecule has 0 saturated carbocycles. The van der Waals surface area contributed by atoms with Crippen LogP contribution in [0.1, 0.15) is 16.1 Å². The molecule has 2 heterocycles. The van der Waals surface area contributed by atoms with Gasteiger partial charge >= 0.3 is 0 Å². The second-order valence-corrected chi connectivity index (χ2v) is 5.46. The summed E-state index contributed by atoms with van der Waals surface area (Å²) in [5.41, 5.74) is 3.09. The summed E-state index contributed by atoms with van der Waals surface area (Å²) in [4.78, 5) is 18.1. The van der Waals surface area contributed by atoms with E-state index in [2.05, 4.69) is 10.1 Å². The smallest absolute Gasteiger partial charge is 0.298 e. The molecule has 5 nitrogen and oxygen atoms in total. The van der Waals surface area contributed by atoms with E-state index < -0.39 is 0 Å². The van der Waals surface area contributed by atoms with Crippen molar-refractivity contribution in [2.75, 3.05) is 11.9 Å². The number of nitrogens with zero attached hydrogens (tertiary/aromatic N) is 3. The Hall–Kier alpha value is -2.47. The van der Waals surface area contributed by atoms with E-state index in [0.29, 0.717) is 5.13 Å². The van der Waals surface area contributed by atoms with Crippen molar-refractivity contribution in [3.63, 3.8) is 0 Å². The molecule has 3 rings (SSSR count). The van der Waals surface area contributed by atoms with Gasteiger partial charge in [-0.3, -0.25) is 9.69 Å². The zero-order chi connectivity index (χ0) is 14.8. The van der Waals surface area contributed by atoms with E-state index in [1.54, 1.807) is 7.05 Å². The first-order chi connectivity index (χ1) is 10.1. The van der Waals surface area contributed by atoms with Gasteiger partial charge in [0.05, 0.1) is 11.9 Å². The standard InChI is InChI=1S/C15H13N3O2S/c1-10-3-5-11(6-4-10)12-9-21-15(17-12)18(2)14(19)13-7-8-16-20-13/h3-9H,1-2H3. The number of amides is 1. The van der Waals surface area contributed by atoms with Crippen molar-refractivity contribution in [1.29, 1.82) is 0 Å². The summed E-state index contributed by atoms with van der Waals surface area (Å²) < 4.78 is 4.88. The first kappa shape index (κ1) is 13.5. The third kappa shape index (κ3) is 2.71. The fraction of sp³-hybridized carbons (Fsp3) is 0.133. The number of benzene rings is 1. The van der Waals surface area contributed by atoms with E-state index in [1.807, 2.05) is 36.6 Å². The van der Waals surface area contributed by atoms with Gasteiger partial charge in [0.25, 0.3) is 5.91 Å². The summed E-state index contributed by atoms with van der Waals surface area (Å²) in [5, 5.41) is 6.09. The van der Waals surface area contributed by atoms with Crippen molar-refractivity contribution in [1.82, 2.24) is 10.1 Å². The molecule has 0 bridgehead atoms. The van der Waals surface area contributed by atoms with Crippen LogP contribution < -0.4 is 4.90 Å². The second-order valence-electron chi connectivity index (χ2n) is 4.62. The molecular formula is C15H13N3O2S. The van der Waals surface area contributed by atoms with Crippen LogP contribution in [-0.4, -0.2) is 23.1 Å². The number of aryl methyl sites for hydroxylation is 1. The molecule has 0 aliphatic rings. The topological polar surface area (TPSA) is 59.2 Å². The average molecular weight is 299 g/mol. The Morgan fingerprint density at radius 2 is 2.00 bits per heavy atom. The molecule has 1 amide bonds. The Labute approximate surface area is 125 Å². The lowest BCUT2D eigenvalue weighted by Gasteiger charge is -2.10. The zero-order valence-electron chi connectivity index (χ0n) is 11.6. The summed E-state index contributed by atoms with van der Waals surface area (Å²) in [6.45, 7) is 2.04. The number of carbonyl (C=O) groups is 1. The molecule has 0 radical (unpaired) electrons. The van der Waals surface area contributed by atoms with Crippen molar-refractivity contribution < 1.29 is 9.32 Å². The van der Waals surface area contributed by atoms with Crippen LogP contribution in [0.15, 0.2) is 46.4 Å². The maximum absolute atomic E-state index is 12.2. The van der Waals surface area contributed by atoms with Crippen molar-refractivity contribution in [2.45, 2.75) is 6.92 Å². The van der Waals surface area contributed by atoms with Crippen molar-refractivity contribution in [3.05, 3.63) is 53.2 Å². The molecule has 1 aromatic carbocycles. The third-order valence-electron chi connectivity index (χ3n) is 3.08. The molecule has 0 unspecified atom stereocenters. The lowest BCUT2D eigenvalue weighted by atomic mass is 10.1. The number of aromatic nitrogens is 2. The fourth-order valence-electron chi connectivity index (χ4n) is 1.85. The van der Waals surface area contributed by atoms with E-state index in [-0.39, 0.29) is 11.7 Å². The first-order valence-corrected chi connectivity index (χ1v) is 7.24. The van der Waals surface area contributed by atoms with E-state index in [4.69, 9.17) is 4.52 Å². The van der Waals surface area contributed by atoms with Crippen LogP contribution in [0.4, 0.5) is 5.13 Å². The number of rotatable bonds is 3. The average Bonchev–Trinajstić information content (AvgIpc) is 3.18. The predicted molar refractivity (Wildman–Crippen MR) is 81.5 cm³/mol. The largest absolute Gasteiger partial charge is 0.351 e. The molecule has 0 fully saturated rings. The van der Waals surface area contributed by atoms with Gasteiger partial charge in [0.15, 0.2) is 5.13 Å². The molecule has 0 aliphatic heterocycles. The van der Waals surface area contributed by atoms with Crippen LogP contribution in [0.2, 0.25) is 0 Å². The van der Waals surface area contributed by atoms with Crippen LogP contribution >= 0.6 is 11.3 Å². The van der Waals surface area contributed by atoms with Crippen LogP contribution in [0, 0.1) is 6.92 Å². The number of hydrogen-bond donors (Lipinski definition) is 0. The summed E-state index contributed by atoms with van der Waals surface area (Å²) in [6.07, 6.45) is 1.45. The van der Waals surface area contributed by atoms with Gasteiger partial charge in [0.1, 0.15) is 0 Å². The van der Waals surface area contributed by atoms with Crippen molar-refractivity contribution in [3.8, 4) is 11.3 Å². The van der Waals surface area contributed by atoms with Crippen LogP contribution in [0.5, 0.6) is 0 Å². The fourth-order valence-corrected chi connectivity index (χ4v) is 2.65. The highest BCUT2D eigenvalue weighted by atomic mass is 32.1. The highest BCUT2D eigenvalue weighted by molar-refractivity contribution is 7.14. The number of anilines is 1. The minimum Gasteiger partial charge on any atom is -0.351 e. The Kier molecular flexibility index (Phi) is 3.53. The maximum Gasteiger partial charge on any atom is 0.298 e. The monoisotopic (exact) mass is 299 g/mol. The molecule has 2 aromatic heterocycles. The molecule has 0 spiro atoms. The highest BCUT2D eigenvalue weighted by Crippen LogP contribution is 2.27. The summed E-state index contributed by atoms with van der Waals surface area (Å²) >= 11 is 1.41. The summed E-state index contributed by atoms with van der Waals surface area (Å²) in [6, 6.07) is 9.65. The normalized spacial score (nSPS) is 10.6. The van der Waals surface area contributed by atoms with Crippen molar-refractivity contribution in [2.24, 2.45) is 0 Å². The Morgan fingerprint density at radius 1 is 1.24 bits per heavy atom. The van der Waals surface area contributed by atoms with Gasteiger partial charge < -0.3 is 4.52 Å². The van der Waals surface area contributed by atoms with Crippen LogP contribution in [0.3, 0.4) is 0 Å². The van der Waals surface area contributed by atoms with Gasteiger partial charge in [-0.2, -0.15) is 0 Å². The Bertz CT molecular complexity index is 748. The number of hydrogen-bond acceptors (Lipinski definition) is 5. The molecular weight excluding hydrogens is 286 g/mol. The van der Waals surface area contributed by atoms with Gasteiger partial charge in [0.2, 0.25) is 5.76 Å². The van der Waals surface area contributed by atoms with Gasteiger partial charge in [-0.15, -0.1) is 11.3 Å². The zero-order valence-corrected chi connectivity index (χ0v) is 12.4. The van der Waals surface area contributed by atoms with Gasteiger partial charge in [-0.05, 0) is 6.92 Å². The molecule has 0 saturated heterocycles. The molecule has 21 heavy (non-hydrogen) atoms. The molecule has 0 N–H and O–H groups in total. The van der Waals surface area contributed by atoms with Crippen LogP contribution in [-0.2, 0) is 0 Å².